The smallest absolute Gasteiger partial charge is 0.273 e. The summed E-state index contributed by atoms with van der Waals surface area (Å²) in [6.45, 7) is 3.01. The van der Waals surface area contributed by atoms with Crippen LogP contribution in [0.15, 0.2) is 5.38 Å². The van der Waals surface area contributed by atoms with Crippen molar-refractivity contribution in [3.63, 3.8) is 0 Å². The largest absolute Gasteiger partial charge is 0.341 e. The van der Waals surface area contributed by atoms with E-state index in [2.05, 4.69) is 4.98 Å². The first-order valence-electron chi connectivity index (χ1n) is 8.89. The van der Waals surface area contributed by atoms with Gasteiger partial charge in [0, 0.05) is 44.5 Å². The Kier molecular flexibility index (Phi) is 5.84. The zero-order valence-corrected chi connectivity index (χ0v) is 14.9. The second-order valence-electron chi connectivity index (χ2n) is 6.71. The van der Waals surface area contributed by atoms with Crippen molar-refractivity contribution in [1.29, 1.82) is 0 Å². The molecule has 6 nitrogen and oxygen atoms in total. The van der Waals surface area contributed by atoms with Gasteiger partial charge in [-0.3, -0.25) is 9.59 Å². The molecule has 0 atom stereocenters. The van der Waals surface area contributed by atoms with E-state index < -0.39 is 0 Å². The molecule has 132 valence electrons. The molecule has 1 aromatic rings. The van der Waals surface area contributed by atoms with Crippen molar-refractivity contribution in [2.24, 2.45) is 11.7 Å². The van der Waals surface area contributed by atoms with Gasteiger partial charge < -0.3 is 15.5 Å². The summed E-state index contributed by atoms with van der Waals surface area (Å²) in [5.74, 6) is 0.787. The molecular formula is C17H26N4O2S. The highest BCUT2D eigenvalue weighted by Crippen LogP contribution is 2.28. The number of rotatable bonds is 4. The molecule has 2 amide bonds. The van der Waals surface area contributed by atoms with Crippen molar-refractivity contribution >= 4 is 23.2 Å². The minimum Gasteiger partial charge on any atom is -0.341 e. The lowest BCUT2D eigenvalue weighted by Crippen LogP contribution is -2.37. The molecule has 1 aliphatic carbocycles. The molecule has 2 N–H and O–H groups in total. The summed E-state index contributed by atoms with van der Waals surface area (Å²) in [6, 6.07) is 0. The number of amides is 2. The first kappa shape index (κ1) is 17.4. The molecule has 2 heterocycles. The molecule has 0 radical (unpaired) electrons. The molecule has 1 saturated carbocycles. The van der Waals surface area contributed by atoms with Crippen LogP contribution in [0.2, 0.25) is 0 Å². The van der Waals surface area contributed by atoms with Crippen LogP contribution < -0.4 is 5.73 Å². The third-order valence-electron chi connectivity index (χ3n) is 5.02. The standard InChI is InChI=1S/C17H26N4O2S/c18-11-15-19-14(12-24-15)17(23)21-7-3-6-20(8-9-21)16(22)10-13-4-1-2-5-13/h12-13H,1-11,18H2. The lowest BCUT2D eigenvalue weighted by molar-refractivity contribution is -0.132. The van der Waals surface area contributed by atoms with Crippen molar-refractivity contribution in [3.05, 3.63) is 16.1 Å². The van der Waals surface area contributed by atoms with Crippen molar-refractivity contribution in [2.45, 2.75) is 45.1 Å². The highest BCUT2D eigenvalue weighted by Gasteiger charge is 2.26. The molecule has 24 heavy (non-hydrogen) atoms. The van der Waals surface area contributed by atoms with E-state index in [9.17, 15) is 9.59 Å². The summed E-state index contributed by atoms with van der Waals surface area (Å²) >= 11 is 1.42. The van der Waals surface area contributed by atoms with Crippen LogP contribution in [0.5, 0.6) is 0 Å². The average Bonchev–Trinajstić information content (AvgIpc) is 3.21. The number of nitrogens with two attached hydrogens (primary N) is 1. The monoisotopic (exact) mass is 350 g/mol. The van der Waals surface area contributed by atoms with Gasteiger partial charge in [0.2, 0.25) is 5.91 Å². The van der Waals surface area contributed by atoms with Gasteiger partial charge in [0.05, 0.1) is 0 Å². The molecule has 0 bridgehead atoms. The average molecular weight is 350 g/mol. The molecule has 0 unspecified atom stereocenters. The number of thiazole rings is 1. The highest BCUT2D eigenvalue weighted by molar-refractivity contribution is 7.09. The van der Waals surface area contributed by atoms with Gasteiger partial charge in [0.25, 0.3) is 5.91 Å². The Hall–Kier alpha value is -1.47. The fraction of sp³-hybridized carbons (Fsp3) is 0.706. The number of hydrogen-bond donors (Lipinski definition) is 1. The number of aromatic nitrogens is 1. The van der Waals surface area contributed by atoms with Crippen LogP contribution in [0.1, 0.15) is 54.0 Å². The van der Waals surface area contributed by atoms with E-state index in [1.165, 1.54) is 37.0 Å². The number of carbonyl (C=O) groups is 2. The van der Waals surface area contributed by atoms with Gasteiger partial charge in [-0.05, 0) is 25.2 Å². The Morgan fingerprint density at radius 2 is 1.83 bits per heavy atom. The quantitative estimate of drug-likeness (QED) is 0.899. The maximum Gasteiger partial charge on any atom is 0.273 e. The summed E-state index contributed by atoms with van der Waals surface area (Å²) in [5, 5.41) is 2.56. The second kappa shape index (κ2) is 8.07. The predicted molar refractivity (Wildman–Crippen MR) is 93.7 cm³/mol. The molecule has 3 rings (SSSR count). The Bertz CT molecular complexity index is 583. The van der Waals surface area contributed by atoms with Crippen LogP contribution in [0.3, 0.4) is 0 Å². The Labute approximate surface area is 147 Å². The zero-order valence-electron chi connectivity index (χ0n) is 14.1. The second-order valence-corrected chi connectivity index (χ2v) is 7.65. The maximum atomic E-state index is 12.6. The third-order valence-corrected chi connectivity index (χ3v) is 5.89. The van der Waals surface area contributed by atoms with Crippen LogP contribution in [-0.2, 0) is 11.3 Å². The molecule has 0 spiro atoms. The van der Waals surface area contributed by atoms with Gasteiger partial charge in [-0.15, -0.1) is 11.3 Å². The van der Waals surface area contributed by atoms with Crippen molar-refractivity contribution in [1.82, 2.24) is 14.8 Å². The van der Waals surface area contributed by atoms with Crippen LogP contribution in [0.4, 0.5) is 0 Å². The minimum absolute atomic E-state index is 0.0453. The van der Waals surface area contributed by atoms with E-state index in [-0.39, 0.29) is 11.8 Å². The zero-order chi connectivity index (χ0) is 16.9. The highest BCUT2D eigenvalue weighted by atomic mass is 32.1. The van der Waals surface area contributed by atoms with Crippen molar-refractivity contribution in [2.75, 3.05) is 26.2 Å². The molecule has 1 saturated heterocycles. The van der Waals surface area contributed by atoms with Crippen LogP contribution in [0, 0.1) is 5.92 Å². The first-order chi connectivity index (χ1) is 11.7. The van der Waals surface area contributed by atoms with E-state index >= 15 is 0 Å². The SMILES string of the molecule is NCc1nc(C(=O)N2CCCN(C(=O)CC3CCCC3)CC2)cs1. The van der Waals surface area contributed by atoms with Gasteiger partial charge >= 0.3 is 0 Å². The van der Waals surface area contributed by atoms with E-state index in [4.69, 9.17) is 5.73 Å². The van der Waals surface area contributed by atoms with Gasteiger partial charge in [-0.1, -0.05) is 12.8 Å². The first-order valence-corrected chi connectivity index (χ1v) is 9.77. The molecule has 2 aliphatic rings. The van der Waals surface area contributed by atoms with E-state index in [1.807, 2.05) is 9.80 Å². The summed E-state index contributed by atoms with van der Waals surface area (Å²) in [4.78, 5) is 33.1. The van der Waals surface area contributed by atoms with Crippen LogP contribution in [0.25, 0.3) is 0 Å². The number of carbonyl (C=O) groups excluding carboxylic acids is 2. The van der Waals surface area contributed by atoms with Crippen LogP contribution >= 0.6 is 11.3 Å². The fourth-order valence-corrected chi connectivity index (χ4v) is 4.27. The fourth-order valence-electron chi connectivity index (χ4n) is 3.63. The lowest BCUT2D eigenvalue weighted by Gasteiger charge is -2.23. The number of hydrogen-bond acceptors (Lipinski definition) is 5. The van der Waals surface area contributed by atoms with Crippen molar-refractivity contribution in [3.8, 4) is 0 Å². The van der Waals surface area contributed by atoms with Gasteiger partial charge in [0.15, 0.2) is 0 Å². The lowest BCUT2D eigenvalue weighted by atomic mass is 10.0. The third kappa shape index (κ3) is 4.13. The topological polar surface area (TPSA) is 79.5 Å². The summed E-state index contributed by atoms with van der Waals surface area (Å²) < 4.78 is 0. The molecule has 1 aromatic heterocycles. The van der Waals surface area contributed by atoms with Crippen molar-refractivity contribution < 1.29 is 9.59 Å². The minimum atomic E-state index is -0.0453. The van der Waals surface area contributed by atoms with Gasteiger partial charge in [0.1, 0.15) is 10.7 Å². The predicted octanol–water partition coefficient (Wildman–Crippen LogP) is 1.86. The van der Waals surface area contributed by atoms with E-state index in [1.54, 1.807) is 5.38 Å². The van der Waals surface area contributed by atoms with Gasteiger partial charge in [-0.2, -0.15) is 0 Å². The number of nitrogens with zero attached hydrogens (tertiary/aromatic N) is 3. The Balaban J connectivity index is 1.54. The normalized spacial score (nSPS) is 19.5. The van der Waals surface area contributed by atoms with E-state index in [0.717, 1.165) is 18.0 Å². The maximum absolute atomic E-state index is 12.6. The molecule has 2 fully saturated rings. The molecule has 0 aromatic carbocycles. The van der Waals surface area contributed by atoms with Gasteiger partial charge in [-0.25, -0.2) is 4.98 Å². The summed E-state index contributed by atoms with van der Waals surface area (Å²) in [7, 11) is 0. The Morgan fingerprint density at radius 3 is 2.54 bits per heavy atom. The van der Waals surface area contributed by atoms with Crippen LogP contribution in [-0.4, -0.2) is 52.8 Å². The molecule has 7 heteroatoms. The molecular weight excluding hydrogens is 324 g/mol. The van der Waals surface area contributed by atoms with E-state index in [0.29, 0.717) is 44.2 Å². The summed E-state index contributed by atoms with van der Waals surface area (Å²) in [6.07, 6.45) is 6.42. The Morgan fingerprint density at radius 1 is 1.12 bits per heavy atom. The molecule has 1 aliphatic heterocycles. The summed E-state index contributed by atoms with van der Waals surface area (Å²) in [5.41, 5.74) is 6.04.